The Morgan fingerprint density at radius 3 is 2.82 bits per heavy atom. The van der Waals surface area contributed by atoms with Crippen LogP contribution in [-0.4, -0.2) is 16.1 Å². The van der Waals surface area contributed by atoms with Crippen LogP contribution in [0.2, 0.25) is 0 Å². The van der Waals surface area contributed by atoms with Gasteiger partial charge in [0.2, 0.25) is 0 Å². The fourth-order valence-electron chi connectivity index (χ4n) is 1.02. The summed E-state index contributed by atoms with van der Waals surface area (Å²) in [6.45, 7) is 1.91. The zero-order valence-corrected chi connectivity index (χ0v) is 7.73. The van der Waals surface area contributed by atoms with Crippen molar-refractivity contribution >= 4 is 23.2 Å². The molecule has 1 rings (SSSR count). The van der Waals surface area contributed by atoms with Crippen LogP contribution >= 0.6 is 23.2 Å². The third-order valence-corrected chi connectivity index (χ3v) is 2.82. The maximum Gasteiger partial charge on any atom is 0.112 e. The van der Waals surface area contributed by atoms with Gasteiger partial charge in [-0.3, -0.25) is 0 Å². The fourth-order valence-corrected chi connectivity index (χ4v) is 1.54. The molecule has 0 saturated heterocycles. The molecular weight excluding hydrogens is 183 g/mol. The highest BCUT2D eigenvalue weighted by Crippen LogP contribution is 2.34. The summed E-state index contributed by atoms with van der Waals surface area (Å²) in [5.74, 6) is 0. The van der Waals surface area contributed by atoms with Gasteiger partial charge in [0, 0.05) is 5.03 Å². The molecular formula is C8H10Cl2O. The minimum Gasteiger partial charge on any atom is -0.385 e. The standard InChI is InChI=1S/C8H10Cl2O/c1-2-8(10)5-3-4-6(9)7(8)11/h3-5,7,11H,2H2,1H3. The molecule has 0 fully saturated rings. The van der Waals surface area contributed by atoms with Crippen molar-refractivity contribution in [1.29, 1.82) is 0 Å². The SMILES string of the molecule is CCC1(Cl)C=CC=C(Cl)C1O. The van der Waals surface area contributed by atoms with Gasteiger partial charge in [0.1, 0.15) is 6.10 Å². The van der Waals surface area contributed by atoms with Gasteiger partial charge in [-0.15, -0.1) is 11.6 Å². The van der Waals surface area contributed by atoms with Gasteiger partial charge in [-0.25, -0.2) is 0 Å². The molecule has 1 nitrogen and oxygen atoms in total. The Morgan fingerprint density at radius 1 is 1.73 bits per heavy atom. The number of hydrogen-bond donors (Lipinski definition) is 1. The lowest BCUT2D eigenvalue weighted by atomic mass is 9.94. The maximum absolute atomic E-state index is 9.51. The second-order valence-electron chi connectivity index (χ2n) is 2.59. The molecule has 0 amide bonds. The predicted molar refractivity (Wildman–Crippen MR) is 48.0 cm³/mol. The van der Waals surface area contributed by atoms with E-state index in [2.05, 4.69) is 0 Å². The summed E-state index contributed by atoms with van der Waals surface area (Å²) in [6.07, 6.45) is 5.09. The molecule has 3 heteroatoms. The van der Waals surface area contributed by atoms with Crippen LogP contribution in [0.15, 0.2) is 23.3 Å². The van der Waals surface area contributed by atoms with Gasteiger partial charge in [-0.1, -0.05) is 30.7 Å². The highest BCUT2D eigenvalue weighted by Gasteiger charge is 2.34. The second kappa shape index (κ2) is 3.18. The van der Waals surface area contributed by atoms with Gasteiger partial charge in [-0.05, 0) is 12.5 Å². The second-order valence-corrected chi connectivity index (χ2v) is 3.73. The van der Waals surface area contributed by atoms with Gasteiger partial charge in [0.25, 0.3) is 0 Å². The first kappa shape index (κ1) is 9.11. The first-order valence-corrected chi connectivity index (χ1v) is 4.27. The number of allylic oxidation sites excluding steroid dienone is 2. The van der Waals surface area contributed by atoms with Crippen LogP contribution < -0.4 is 0 Å². The average Bonchev–Trinajstić information content (AvgIpc) is 2.00. The minimum atomic E-state index is -0.763. The third kappa shape index (κ3) is 1.61. The quantitative estimate of drug-likeness (QED) is 0.634. The summed E-state index contributed by atoms with van der Waals surface area (Å²) in [7, 11) is 0. The van der Waals surface area contributed by atoms with Crippen molar-refractivity contribution in [3.63, 3.8) is 0 Å². The van der Waals surface area contributed by atoms with Crippen molar-refractivity contribution in [2.75, 3.05) is 0 Å². The van der Waals surface area contributed by atoms with E-state index < -0.39 is 11.0 Å². The molecule has 0 heterocycles. The van der Waals surface area contributed by atoms with Crippen LogP contribution in [0.1, 0.15) is 13.3 Å². The van der Waals surface area contributed by atoms with Gasteiger partial charge in [0.15, 0.2) is 0 Å². The largest absolute Gasteiger partial charge is 0.385 e. The lowest BCUT2D eigenvalue weighted by Gasteiger charge is -2.29. The average molecular weight is 193 g/mol. The Hall–Kier alpha value is 0.0200. The van der Waals surface area contributed by atoms with E-state index >= 15 is 0 Å². The van der Waals surface area contributed by atoms with E-state index in [9.17, 15) is 5.11 Å². The normalized spacial score (nSPS) is 37.1. The Kier molecular flexibility index (Phi) is 2.63. The monoisotopic (exact) mass is 192 g/mol. The number of aliphatic hydroxyl groups excluding tert-OH is 1. The lowest BCUT2D eigenvalue weighted by Crippen LogP contribution is -2.35. The summed E-state index contributed by atoms with van der Waals surface area (Å²) in [6, 6.07) is 0. The molecule has 62 valence electrons. The molecule has 0 aliphatic heterocycles. The first-order chi connectivity index (χ1) is 5.10. The molecule has 1 N–H and O–H groups in total. The molecule has 0 bridgehead atoms. The van der Waals surface area contributed by atoms with Crippen LogP contribution in [0.3, 0.4) is 0 Å². The molecule has 0 aromatic heterocycles. The molecule has 0 saturated carbocycles. The summed E-state index contributed by atoms with van der Waals surface area (Å²) in [4.78, 5) is -0.703. The third-order valence-electron chi connectivity index (χ3n) is 1.89. The maximum atomic E-state index is 9.51. The molecule has 1 aliphatic rings. The lowest BCUT2D eigenvalue weighted by molar-refractivity contribution is 0.181. The zero-order valence-electron chi connectivity index (χ0n) is 6.22. The van der Waals surface area contributed by atoms with Gasteiger partial charge in [0.05, 0.1) is 4.87 Å². The van der Waals surface area contributed by atoms with Crippen LogP contribution in [-0.2, 0) is 0 Å². The predicted octanol–water partition coefficient (Wildman–Crippen LogP) is 2.43. The van der Waals surface area contributed by atoms with E-state index in [4.69, 9.17) is 23.2 Å². The highest BCUT2D eigenvalue weighted by molar-refractivity contribution is 6.33. The first-order valence-electron chi connectivity index (χ1n) is 3.52. The number of hydrogen-bond acceptors (Lipinski definition) is 1. The van der Waals surface area contributed by atoms with Gasteiger partial charge >= 0.3 is 0 Å². The summed E-state index contributed by atoms with van der Waals surface area (Å²) < 4.78 is 0. The van der Waals surface area contributed by atoms with Gasteiger partial charge in [-0.2, -0.15) is 0 Å². The topological polar surface area (TPSA) is 20.2 Å². The van der Waals surface area contributed by atoms with E-state index in [1.54, 1.807) is 18.2 Å². The van der Waals surface area contributed by atoms with Crippen LogP contribution in [0.25, 0.3) is 0 Å². The number of alkyl halides is 1. The summed E-state index contributed by atoms with van der Waals surface area (Å²) >= 11 is 11.7. The smallest absolute Gasteiger partial charge is 0.112 e. The van der Waals surface area contributed by atoms with Crippen LogP contribution in [0.5, 0.6) is 0 Å². The summed E-state index contributed by atoms with van der Waals surface area (Å²) in [5, 5.41) is 9.92. The zero-order chi connectivity index (χ0) is 8.48. The van der Waals surface area contributed by atoms with Crippen molar-refractivity contribution in [2.24, 2.45) is 0 Å². The number of aliphatic hydroxyl groups is 1. The van der Waals surface area contributed by atoms with Crippen molar-refractivity contribution in [3.8, 4) is 0 Å². The number of rotatable bonds is 1. The minimum absolute atomic E-state index is 0.407. The van der Waals surface area contributed by atoms with Crippen LogP contribution in [0, 0.1) is 0 Å². The van der Waals surface area contributed by atoms with Crippen molar-refractivity contribution in [3.05, 3.63) is 23.3 Å². The molecule has 2 unspecified atom stereocenters. The van der Waals surface area contributed by atoms with E-state index in [1.807, 2.05) is 6.92 Å². The van der Waals surface area contributed by atoms with E-state index in [1.165, 1.54) is 0 Å². The molecule has 2 atom stereocenters. The highest BCUT2D eigenvalue weighted by atomic mass is 35.5. The summed E-state index contributed by atoms with van der Waals surface area (Å²) in [5.41, 5.74) is 0. The molecule has 0 radical (unpaired) electrons. The van der Waals surface area contributed by atoms with Crippen molar-refractivity contribution in [2.45, 2.75) is 24.3 Å². The van der Waals surface area contributed by atoms with Gasteiger partial charge < -0.3 is 5.11 Å². The molecule has 0 aromatic rings. The fraction of sp³-hybridized carbons (Fsp3) is 0.500. The Labute approximate surface area is 76.3 Å². The van der Waals surface area contributed by atoms with E-state index in [-0.39, 0.29) is 0 Å². The molecule has 0 aromatic carbocycles. The van der Waals surface area contributed by atoms with Crippen LogP contribution in [0.4, 0.5) is 0 Å². The Bertz CT molecular complexity index is 210. The number of halogens is 2. The van der Waals surface area contributed by atoms with Crippen molar-refractivity contribution < 1.29 is 5.11 Å². The molecule has 11 heavy (non-hydrogen) atoms. The molecule has 0 spiro atoms. The van der Waals surface area contributed by atoms with Crippen molar-refractivity contribution in [1.82, 2.24) is 0 Å². The van der Waals surface area contributed by atoms with E-state index in [0.717, 1.165) is 0 Å². The Balaban J connectivity index is 2.88. The Morgan fingerprint density at radius 2 is 2.36 bits per heavy atom. The molecule has 1 aliphatic carbocycles. The van der Waals surface area contributed by atoms with E-state index in [0.29, 0.717) is 11.5 Å².